The molecule has 1 atom stereocenters. The van der Waals surface area contributed by atoms with E-state index in [1.54, 1.807) is 0 Å². The summed E-state index contributed by atoms with van der Waals surface area (Å²) in [7, 11) is 0. The number of aliphatic hydroxyl groups excluding tert-OH is 1. The Morgan fingerprint density at radius 1 is 1.26 bits per heavy atom. The average Bonchev–Trinajstić information content (AvgIpc) is 2.29. The molecule has 0 radical (unpaired) electrons. The summed E-state index contributed by atoms with van der Waals surface area (Å²) >= 11 is 6.10. The van der Waals surface area contributed by atoms with E-state index in [-0.39, 0.29) is 5.54 Å². The van der Waals surface area contributed by atoms with Crippen molar-refractivity contribution in [2.24, 2.45) is 0 Å². The second-order valence-electron chi connectivity index (χ2n) is 6.14. The van der Waals surface area contributed by atoms with Crippen LogP contribution in [0.1, 0.15) is 31.9 Å². The highest BCUT2D eigenvalue weighted by atomic mass is 35.5. The van der Waals surface area contributed by atoms with Crippen molar-refractivity contribution in [1.82, 2.24) is 0 Å². The average molecular weight is 287 g/mol. The molecule has 1 rings (SSSR count). The normalized spacial score (nSPS) is 13.4. The van der Waals surface area contributed by atoms with Gasteiger partial charge in [-0.2, -0.15) is 0 Å². The fourth-order valence-electron chi connectivity index (χ4n) is 1.74. The Morgan fingerprint density at radius 2 is 1.79 bits per heavy atom. The number of rotatable bonds is 5. The first-order valence-corrected chi connectivity index (χ1v) is 6.99. The number of aliphatic hydroxyl groups is 1. The van der Waals surface area contributed by atoms with Gasteiger partial charge in [0, 0.05) is 5.02 Å². The lowest BCUT2D eigenvalue weighted by Crippen LogP contribution is -2.96. The maximum absolute atomic E-state index is 9.88. The second kappa shape index (κ2) is 6.60. The lowest BCUT2D eigenvalue weighted by molar-refractivity contribution is -0.722. The van der Waals surface area contributed by atoms with Gasteiger partial charge in [-0.3, -0.25) is 0 Å². The van der Waals surface area contributed by atoms with Gasteiger partial charge in [0.25, 0.3) is 0 Å². The zero-order chi connectivity index (χ0) is 14.6. The van der Waals surface area contributed by atoms with E-state index in [1.165, 1.54) is 0 Å². The molecule has 19 heavy (non-hydrogen) atoms. The molecule has 3 nitrogen and oxygen atoms in total. The van der Waals surface area contributed by atoms with Crippen molar-refractivity contribution in [2.45, 2.75) is 46.3 Å². The first-order chi connectivity index (χ1) is 8.69. The molecule has 0 bridgehead atoms. The summed E-state index contributed by atoms with van der Waals surface area (Å²) in [6.07, 6.45) is -0.476. The maximum Gasteiger partial charge on any atom is 0.137 e. The van der Waals surface area contributed by atoms with Crippen LogP contribution in [0.25, 0.3) is 0 Å². The van der Waals surface area contributed by atoms with Crippen molar-refractivity contribution in [2.75, 3.05) is 13.2 Å². The number of benzene rings is 1. The molecular formula is C15H25ClNO2+. The topological polar surface area (TPSA) is 46.1 Å². The minimum Gasteiger partial charge on any atom is -0.491 e. The Bertz CT molecular complexity index is 404. The molecule has 0 saturated carbocycles. The minimum absolute atomic E-state index is 0.119. The highest BCUT2D eigenvalue weighted by Crippen LogP contribution is 2.25. The SMILES string of the molecule is Cc1cc(OC[C@@H](O)C[NH2+]C(C)(C)C)cc(C)c1Cl. The van der Waals surface area contributed by atoms with Crippen LogP contribution < -0.4 is 10.1 Å². The lowest BCUT2D eigenvalue weighted by Gasteiger charge is -2.19. The number of aryl methyl sites for hydroxylation is 2. The lowest BCUT2D eigenvalue weighted by atomic mass is 10.1. The molecular weight excluding hydrogens is 262 g/mol. The van der Waals surface area contributed by atoms with E-state index >= 15 is 0 Å². The van der Waals surface area contributed by atoms with Crippen LogP contribution in [0, 0.1) is 13.8 Å². The van der Waals surface area contributed by atoms with Crippen LogP contribution in [0.15, 0.2) is 12.1 Å². The van der Waals surface area contributed by atoms with E-state index in [9.17, 15) is 5.11 Å². The standard InChI is InChI=1S/C15H24ClNO2/c1-10-6-13(7-11(2)14(10)16)19-9-12(18)8-17-15(3,4)5/h6-7,12,17-18H,8-9H2,1-5H3/p+1/t12-/m0/s1. The van der Waals surface area contributed by atoms with Gasteiger partial charge in [-0.25, -0.2) is 0 Å². The van der Waals surface area contributed by atoms with Gasteiger partial charge in [0.05, 0.1) is 5.54 Å². The van der Waals surface area contributed by atoms with E-state index in [2.05, 4.69) is 26.1 Å². The Morgan fingerprint density at radius 3 is 2.26 bits per heavy atom. The van der Waals surface area contributed by atoms with E-state index in [0.29, 0.717) is 13.2 Å². The van der Waals surface area contributed by atoms with Crippen molar-refractivity contribution < 1.29 is 15.2 Å². The van der Waals surface area contributed by atoms with Crippen molar-refractivity contribution in [1.29, 1.82) is 0 Å². The first-order valence-electron chi connectivity index (χ1n) is 6.61. The quantitative estimate of drug-likeness (QED) is 0.870. The predicted molar refractivity (Wildman–Crippen MR) is 79.0 cm³/mol. The van der Waals surface area contributed by atoms with Crippen LogP contribution in [0.4, 0.5) is 0 Å². The Labute approximate surface area is 120 Å². The molecule has 0 saturated heterocycles. The van der Waals surface area contributed by atoms with Crippen LogP contribution in [-0.4, -0.2) is 29.9 Å². The molecule has 4 heteroatoms. The number of nitrogens with two attached hydrogens (primary N) is 1. The predicted octanol–water partition coefficient (Wildman–Crippen LogP) is 2.06. The van der Waals surface area contributed by atoms with Gasteiger partial charge < -0.3 is 15.2 Å². The Kier molecular flexibility index (Phi) is 5.65. The van der Waals surface area contributed by atoms with Gasteiger partial charge in [0.1, 0.15) is 25.0 Å². The summed E-state index contributed by atoms with van der Waals surface area (Å²) < 4.78 is 5.62. The van der Waals surface area contributed by atoms with E-state index < -0.39 is 6.10 Å². The highest BCUT2D eigenvalue weighted by Gasteiger charge is 2.16. The van der Waals surface area contributed by atoms with Gasteiger partial charge in [0.2, 0.25) is 0 Å². The molecule has 0 aliphatic rings. The molecule has 0 spiro atoms. The highest BCUT2D eigenvalue weighted by molar-refractivity contribution is 6.32. The number of hydrogen-bond acceptors (Lipinski definition) is 2. The third-order valence-electron chi connectivity index (χ3n) is 2.85. The third-order valence-corrected chi connectivity index (χ3v) is 3.45. The maximum atomic E-state index is 9.88. The fraction of sp³-hybridized carbons (Fsp3) is 0.600. The molecule has 0 aliphatic heterocycles. The summed E-state index contributed by atoms with van der Waals surface area (Å²) in [6.45, 7) is 11.2. The summed E-state index contributed by atoms with van der Waals surface area (Å²) in [5.74, 6) is 0.759. The molecule has 0 aliphatic carbocycles. The van der Waals surface area contributed by atoms with Gasteiger partial charge >= 0.3 is 0 Å². The Hall–Kier alpha value is -0.770. The summed E-state index contributed by atoms with van der Waals surface area (Å²) in [5.41, 5.74) is 2.11. The number of ether oxygens (including phenoxy) is 1. The second-order valence-corrected chi connectivity index (χ2v) is 6.52. The van der Waals surface area contributed by atoms with Gasteiger partial charge in [-0.1, -0.05) is 11.6 Å². The monoisotopic (exact) mass is 286 g/mol. The zero-order valence-corrected chi connectivity index (χ0v) is 13.2. The molecule has 0 aromatic heterocycles. The molecule has 0 unspecified atom stereocenters. The van der Waals surface area contributed by atoms with Crippen molar-refractivity contribution in [3.05, 3.63) is 28.3 Å². The molecule has 0 fully saturated rings. The largest absolute Gasteiger partial charge is 0.491 e. The zero-order valence-electron chi connectivity index (χ0n) is 12.5. The van der Waals surface area contributed by atoms with Gasteiger partial charge in [-0.15, -0.1) is 0 Å². The van der Waals surface area contributed by atoms with Crippen LogP contribution in [0.2, 0.25) is 5.02 Å². The fourth-order valence-corrected chi connectivity index (χ4v) is 1.85. The van der Waals surface area contributed by atoms with Crippen molar-refractivity contribution in [3.63, 3.8) is 0 Å². The first kappa shape index (κ1) is 16.3. The molecule has 3 N–H and O–H groups in total. The number of hydrogen-bond donors (Lipinski definition) is 2. The molecule has 0 amide bonds. The number of halogens is 1. The molecule has 108 valence electrons. The third kappa shape index (κ3) is 5.81. The smallest absolute Gasteiger partial charge is 0.137 e. The van der Waals surface area contributed by atoms with Crippen LogP contribution >= 0.6 is 11.6 Å². The molecule has 1 aromatic carbocycles. The summed E-state index contributed by atoms with van der Waals surface area (Å²) in [5, 5.41) is 12.8. The van der Waals surface area contributed by atoms with Gasteiger partial charge in [0.15, 0.2) is 0 Å². The number of quaternary nitrogens is 1. The van der Waals surface area contributed by atoms with E-state index in [4.69, 9.17) is 16.3 Å². The minimum atomic E-state index is -0.476. The van der Waals surface area contributed by atoms with Crippen LogP contribution in [-0.2, 0) is 0 Å². The van der Waals surface area contributed by atoms with Crippen LogP contribution in [0.5, 0.6) is 5.75 Å². The Balaban J connectivity index is 2.48. The van der Waals surface area contributed by atoms with Crippen molar-refractivity contribution in [3.8, 4) is 5.75 Å². The summed E-state index contributed by atoms with van der Waals surface area (Å²) in [4.78, 5) is 0. The summed E-state index contributed by atoms with van der Waals surface area (Å²) in [6, 6.07) is 3.80. The molecule has 1 aromatic rings. The van der Waals surface area contributed by atoms with Crippen LogP contribution in [0.3, 0.4) is 0 Å². The van der Waals surface area contributed by atoms with Gasteiger partial charge in [-0.05, 0) is 57.9 Å². The van der Waals surface area contributed by atoms with E-state index in [1.807, 2.05) is 26.0 Å². The van der Waals surface area contributed by atoms with Crippen molar-refractivity contribution >= 4 is 11.6 Å². The van der Waals surface area contributed by atoms with E-state index in [0.717, 1.165) is 21.9 Å². The molecule has 0 heterocycles.